The number of carbonyl (C=O) groups is 2. The Kier molecular flexibility index (Phi) is 5.59. The highest BCUT2D eigenvalue weighted by Crippen LogP contribution is 2.23. The van der Waals surface area contributed by atoms with Crippen molar-refractivity contribution in [2.24, 2.45) is 5.73 Å². The number of piperidine rings is 1. The van der Waals surface area contributed by atoms with Crippen LogP contribution in [-0.4, -0.2) is 36.3 Å². The fourth-order valence-electron chi connectivity index (χ4n) is 2.39. The van der Waals surface area contributed by atoms with Crippen molar-refractivity contribution in [3.05, 3.63) is 28.8 Å². The van der Waals surface area contributed by atoms with E-state index in [1.54, 1.807) is 18.2 Å². The zero-order valence-corrected chi connectivity index (χ0v) is 12.7. The summed E-state index contributed by atoms with van der Waals surface area (Å²) in [5.74, 6) is -0.205. The Morgan fingerprint density at radius 1 is 1.24 bits per heavy atom. The molecule has 0 unspecified atom stereocenters. The van der Waals surface area contributed by atoms with Gasteiger partial charge in [-0.2, -0.15) is 0 Å². The van der Waals surface area contributed by atoms with Crippen molar-refractivity contribution in [3.8, 4) is 0 Å². The van der Waals surface area contributed by atoms with E-state index >= 15 is 0 Å². The second-order valence-electron chi connectivity index (χ2n) is 5.13. The third-order valence-corrected chi connectivity index (χ3v) is 3.81. The number of hydrogen-bond acceptors (Lipinski definition) is 3. The highest BCUT2D eigenvalue weighted by molar-refractivity contribution is 6.34. The maximum atomic E-state index is 12.4. The molecule has 0 aromatic heterocycles. The normalized spacial score (nSPS) is 14.9. The van der Waals surface area contributed by atoms with E-state index < -0.39 is 0 Å². The highest BCUT2D eigenvalue weighted by atomic mass is 35.5. The number of likely N-dealkylation sites (tertiary alicyclic amines) is 1. The lowest BCUT2D eigenvalue weighted by Crippen LogP contribution is -2.35. The van der Waals surface area contributed by atoms with Gasteiger partial charge in [-0.25, -0.2) is 0 Å². The molecule has 6 heteroatoms. The van der Waals surface area contributed by atoms with Crippen molar-refractivity contribution in [2.75, 3.05) is 25.0 Å². The molecule has 1 aromatic carbocycles. The number of rotatable bonds is 4. The predicted molar refractivity (Wildman–Crippen MR) is 83.5 cm³/mol. The Hall–Kier alpha value is -1.59. The molecule has 3 N–H and O–H groups in total. The number of benzene rings is 1. The van der Waals surface area contributed by atoms with Gasteiger partial charge < -0.3 is 16.0 Å². The van der Waals surface area contributed by atoms with Crippen LogP contribution in [0, 0.1) is 0 Å². The first kappa shape index (κ1) is 15.8. The Labute approximate surface area is 129 Å². The smallest absolute Gasteiger partial charge is 0.255 e. The lowest BCUT2D eigenvalue weighted by molar-refractivity contribution is -0.116. The van der Waals surface area contributed by atoms with Crippen LogP contribution in [0.25, 0.3) is 0 Å². The molecule has 1 fully saturated rings. The van der Waals surface area contributed by atoms with Crippen LogP contribution in [0.4, 0.5) is 5.69 Å². The van der Waals surface area contributed by atoms with E-state index in [1.807, 2.05) is 4.90 Å². The SMILES string of the molecule is NCCC(=O)Nc1ccc(C(=O)N2CCCCC2)c(Cl)c1. The van der Waals surface area contributed by atoms with Crippen LogP contribution in [0.5, 0.6) is 0 Å². The summed E-state index contributed by atoms with van der Waals surface area (Å²) in [7, 11) is 0. The number of halogens is 1. The number of nitrogens with two attached hydrogens (primary N) is 1. The molecule has 1 saturated heterocycles. The van der Waals surface area contributed by atoms with Crippen molar-refractivity contribution in [1.29, 1.82) is 0 Å². The van der Waals surface area contributed by atoms with E-state index in [-0.39, 0.29) is 18.2 Å². The molecule has 1 aliphatic heterocycles. The number of nitrogens with one attached hydrogen (secondary N) is 1. The predicted octanol–water partition coefficient (Wildman–Crippen LogP) is 2.25. The van der Waals surface area contributed by atoms with E-state index in [0.717, 1.165) is 25.9 Å². The monoisotopic (exact) mass is 309 g/mol. The van der Waals surface area contributed by atoms with Crippen LogP contribution in [0.3, 0.4) is 0 Å². The second-order valence-corrected chi connectivity index (χ2v) is 5.54. The first-order valence-electron chi connectivity index (χ1n) is 7.20. The summed E-state index contributed by atoms with van der Waals surface area (Å²) in [6.45, 7) is 1.86. The summed E-state index contributed by atoms with van der Waals surface area (Å²) in [6.07, 6.45) is 3.50. The van der Waals surface area contributed by atoms with Gasteiger partial charge in [-0.1, -0.05) is 11.6 Å². The minimum atomic E-state index is -0.163. The molecule has 0 atom stereocenters. The van der Waals surface area contributed by atoms with Crippen molar-refractivity contribution in [3.63, 3.8) is 0 Å². The molecular formula is C15H20ClN3O2. The molecule has 21 heavy (non-hydrogen) atoms. The van der Waals surface area contributed by atoms with Crippen LogP contribution in [0.1, 0.15) is 36.0 Å². The van der Waals surface area contributed by atoms with Gasteiger partial charge in [0, 0.05) is 31.7 Å². The number of anilines is 1. The van der Waals surface area contributed by atoms with Crippen molar-refractivity contribution >= 4 is 29.1 Å². The summed E-state index contributed by atoms with van der Waals surface area (Å²) in [6, 6.07) is 4.96. The lowest BCUT2D eigenvalue weighted by Gasteiger charge is -2.27. The molecule has 2 amide bonds. The van der Waals surface area contributed by atoms with E-state index in [9.17, 15) is 9.59 Å². The van der Waals surface area contributed by atoms with Crippen LogP contribution in [0.2, 0.25) is 5.02 Å². The molecule has 1 aliphatic rings. The summed E-state index contributed by atoms with van der Waals surface area (Å²) >= 11 is 6.18. The first-order valence-corrected chi connectivity index (χ1v) is 7.58. The molecule has 2 rings (SSSR count). The quantitative estimate of drug-likeness (QED) is 0.895. The first-order chi connectivity index (χ1) is 10.1. The third kappa shape index (κ3) is 4.19. The second kappa shape index (κ2) is 7.43. The van der Waals surface area contributed by atoms with Gasteiger partial charge in [0.1, 0.15) is 0 Å². The average molecular weight is 310 g/mol. The van der Waals surface area contributed by atoms with Gasteiger partial charge in [-0.05, 0) is 37.5 Å². The average Bonchev–Trinajstić information content (AvgIpc) is 2.48. The molecule has 114 valence electrons. The number of carbonyl (C=O) groups excluding carboxylic acids is 2. The summed E-state index contributed by atoms with van der Waals surface area (Å²) < 4.78 is 0. The Bertz CT molecular complexity index is 528. The largest absolute Gasteiger partial charge is 0.339 e. The molecule has 0 bridgehead atoms. The standard InChI is InChI=1S/C15H20ClN3O2/c16-13-10-11(18-14(20)6-7-17)4-5-12(13)15(21)19-8-2-1-3-9-19/h4-5,10H,1-3,6-9,17H2,(H,18,20). The highest BCUT2D eigenvalue weighted by Gasteiger charge is 2.20. The van der Waals surface area contributed by atoms with Gasteiger partial charge in [0.05, 0.1) is 10.6 Å². The van der Waals surface area contributed by atoms with Crippen molar-refractivity contribution < 1.29 is 9.59 Å². The molecule has 0 radical (unpaired) electrons. The summed E-state index contributed by atoms with van der Waals surface area (Å²) in [5, 5.41) is 3.06. The molecule has 5 nitrogen and oxygen atoms in total. The zero-order valence-electron chi connectivity index (χ0n) is 11.9. The van der Waals surface area contributed by atoms with Crippen LogP contribution in [0.15, 0.2) is 18.2 Å². The Morgan fingerprint density at radius 2 is 1.95 bits per heavy atom. The topological polar surface area (TPSA) is 75.4 Å². The minimum Gasteiger partial charge on any atom is -0.339 e. The van der Waals surface area contributed by atoms with Crippen molar-refractivity contribution in [1.82, 2.24) is 4.90 Å². The molecule has 0 spiro atoms. The molecule has 0 aliphatic carbocycles. The Morgan fingerprint density at radius 3 is 2.57 bits per heavy atom. The summed E-state index contributed by atoms with van der Waals surface area (Å²) in [5.41, 5.74) is 6.38. The maximum Gasteiger partial charge on any atom is 0.255 e. The van der Waals surface area contributed by atoms with E-state index in [2.05, 4.69) is 5.32 Å². The van der Waals surface area contributed by atoms with Gasteiger partial charge >= 0.3 is 0 Å². The molecule has 0 saturated carbocycles. The van der Waals surface area contributed by atoms with E-state index in [1.165, 1.54) is 6.42 Å². The van der Waals surface area contributed by atoms with Crippen LogP contribution in [-0.2, 0) is 4.79 Å². The van der Waals surface area contributed by atoms with Gasteiger partial charge in [-0.3, -0.25) is 9.59 Å². The van der Waals surface area contributed by atoms with Gasteiger partial charge in [-0.15, -0.1) is 0 Å². The molecule has 1 heterocycles. The van der Waals surface area contributed by atoms with Gasteiger partial charge in [0.15, 0.2) is 0 Å². The molecule has 1 aromatic rings. The minimum absolute atomic E-state index is 0.0421. The van der Waals surface area contributed by atoms with Crippen LogP contribution >= 0.6 is 11.6 Å². The third-order valence-electron chi connectivity index (χ3n) is 3.50. The Balaban J connectivity index is 2.07. The van der Waals surface area contributed by atoms with Gasteiger partial charge in [0.2, 0.25) is 5.91 Å². The van der Waals surface area contributed by atoms with E-state index in [0.29, 0.717) is 22.8 Å². The number of hydrogen-bond donors (Lipinski definition) is 2. The maximum absolute atomic E-state index is 12.4. The summed E-state index contributed by atoms with van der Waals surface area (Å²) in [4.78, 5) is 25.7. The fourth-order valence-corrected chi connectivity index (χ4v) is 2.65. The van der Waals surface area contributed by atoms with Crippen molar-refractivity contribution in [2.45, 2.75) is 25.7 Å². The number of nitrogens with zero attached hydrogens (tertiary/aromatic N) is 1. The van der Waals surface area contributed by atoms with Crippen LogP contribution < -0.4 is 11.1 Å². The lowest BCUT2D eigenvalue weighted by atomic mass is 10.1. The van der Waals surface area contributed by atoms with Gasteiger partial charge in [0.25, 0.3) is 5.91 Å². The van der Waals surface area contributed by atoms with E-state index in [4.69, 9.17) is 17.3 Å². The number of amides is 2. The zero-order chi connectivity index (χ0) is 15.2. The molecular weight excluding hydrogens is 290 g/mol. The fraction of sp³-hybridized carbons (Fsp3) is 0.467.